The fourth-order valence-corrected chi connectivity index (χ4v) is 3.16. The molecule has 1 aliphatic rings. The molecule has 1 aromatic carbocycles. The molecule has 1 aliphatic heterocycles. The van der Waals surface area contributed by atoms with Gasteiger partial charge in [-0.05, 0) is 49.5 Å². The molecule has 0 aliphatic carbocycles. The van der Waals surface area contributed by atoms with E-state index in [2.05, 4.69) is 21.8 Å². The first kappa shape index (κ1) is 11.9. The number of piperidine rings is 1. The predicted octanol–water partition coefficient (Wildman–Crippen LogP) is 3.21. The summed E-state index contributed by atoms with van der Waals surface area (Å²) >= 11 is 1.51. The van der Waals surface area contributed by atoms with Crippen LogP contribution in [0.25, 0.3) is 10.1 Å². The van der Waals surface area contributed by atoms with Crippen LogP contribution >= 0.6 is 11.5 Å². The van der Waals surface area contributed by atoms with E-state index < -0.39 is 0 Å². The summed E-state index contributed by atoms with van der Waals surface area (Å²) in [7, 11) is 0. The molecule has 0 spiro atoms. The third-order valence-corrected chi connectivity index (χ3v) is 4.27. The molecule has 96 valence electrons. The maximum absolute atomic E-state index is 5.82. The molecule has 3 rings (SSSR count). The van der Waals surface area contributed by atoms with Crippen molar-refractivity contribution in [2.45, 2.75) is 31.7 Å². The summed E-state index contributed by atoms with van der Waals surface area (Å²) in [6, 6.07) is 8.86. The van der Waals surface area contributed by atoms with Crippen LogP contribution in [0.2, 0.25) is 0 Å². The number of hydrogen-bond acceptors (Lipinski definition) is 4. The molecule has 1 atom stereocenters. The Balaban J connectivity index is 1.56. The Bertz CT molecular complexity index is 505. The Labute approximate surface area is 111 Å². The van der Waals surface area contributed by atoms with Crippen molar-refractivity contribution in [1.82, 2.24) is 9.69 Å². The zero-order chi connectivity index (χ0) is 12.2. The van der Waals surface area contributed by atoms with Gasteiger partial charge in [-0.15, -0.1) is 0 Å². The maximum atomic E-state index is 5.82. The van der Waals surface area contributed by atoms with Gasteiger partial charge in [0, 0.05) is 6.04 Å². The Hall–Kier alpha value is -1.13. The monoisotopic (exact) mass is 262 g/mol. The van der Waals surface area contributed by atoms with Crippen LogP contribution in [-0.4, -0.2) is 23.6 Å². The smallest absolute Gasteiger partial charge is 0.233 e. The highest BCUT2D eigenvalue weighted by Gasteiger charge is 2.13. The van der Waals surface area contributed by atoms with Crippen LogP contribution < -0.4 is 10.1 Å². The summed E-state index contributed by atoms with van der Waals surface area (Å²) in [6.07, 6.45) is 5.01. The number of fused-ring (bicyclic) bond motifs is 1. The van der Waals surface area contributed by atoms with Crippen molar-refractivity contribution in [2.24, 2.45) is 0 Å². The lowest BCUT2D eigenvalue weighted by Gasteiger charge is -2.23. The molecule has 2 aromatic rings. The second kappa shape index (κ2) is 5.67. The first-order valence-corrected chi connectivity index (χ1v) is 7.41. The average molecular weight is 262 g/mol. The molecule has 0 unspecified atom stereocenters. The van der Waals surface area contributed by atoms with Gasteiger partial charge in [0.1, 0.15) is 0 Å². The predicted molar refractivity (Wildman–Crippen MR) is 75.4 cm³/mol. The lowest BCUT2D eigenvalue weighted by atomic mass is 10.0. The summed E-state index contributed by atoms with van der Waals surface area (Å²) in [5.74, 6) is 0.798. The van der Waals surface area contributed by atoms with Crippen LogP contribution in [0.5, 0.6) is 5.88 Å². The van der Waals surface area contributed by atoms with Gasteiger partial charge in [-0.1, -0.05) is 18.6 Å². The number of aromatic nitrogens is 1. The van der Waals surface area contributed by atoms with E-state index >= 15 is 0 Å². The zero-order valence-electron chi connectivity index (χ0n) is 10.4. The Morgan fingerprint density at radius 3 is 3.17 bits per heavy atom. The number of rotatable bonds is 4. The molecule has 1 aromatic heterocycles. The van der Waals surface area contributed by atoms with Crippen LogP contribution in [0.4, 0.5) is 0 Å². The van der Waals surface area contributed by atoms with Crippen molar-refractivity contribution >= 4 is 21.6 Å². The molecule has 3 nitrogen and oxygen atoms in total. The molecule has 0 bridgehead atoms. The summed E-state index contributed by atoms with van der Waals surface area (Å²) in [5, 5.41) is 4.68. The molecule has 0 saturated carbocycles. The van der Waals surface area contributed by atoms with E-state index in [1.165, 1.54) is 35.5 Å². The van der Waals surface area contributed by atoms with Gasteiger partial charge in [-0.25, -0.2) is 0 Å². The van der Waals surface area contributed by atoms with Crippen molar-refractivity contribution < 1.29 is 4.74 Å². The maximum Gasteiger partial charge on any atom is 0.233 e. The lowest BCUT2D eigenvalue weighted by Crippen LogP contribution is -2.35. The largest absolute Gasteiger partial charge is 0.477 e. The van der Waals surface area contributed by atoms with E-state index in [4.69, 9.17) is 4.74 Å². The van der Waals surface area contributed by atoms with E-state index in [0.717, 1.165) is 30.8 Å². The molecule has 18 heavy (non-hydrogen) atoms. The molecule has 4 heteroatoms. The van der Waals surface area contributed by atoms with E-state index in [1.807, 2.05) is 12.1 Å². The van der Waals surface area contributed by atoms with E-state index in [-0.39, 0.29) is 0 Å². The van der Waals surface area contributed by atoms with Crippen LogP contribution in [-0.2, 0) is 0 Å². The van der Waals surface area contributed by atoms with Crippen LogP contribution in [0.3, 0.4) is 0 Å². The molecule has 1 saturated heterocycles. The number of ether oxygens (including phenoxy) is 1. The van der Waals surface area contributed by atoms with Crippen LogP contribution in [0.1, 0.15) is 25.7 Å². The fourth-order valence-electron chi connectivity index (χ4n) is 2.44. The quantitative estimate of drug-likeness (QED) is 0.918. The molecular weight excluding hydrogens is 244 g/mol. The number of nitrogens with one attached hydrogen (secondary N) is 1. The number of nitrogens with zero attached hydrogens (tertiary/aromatic N) is 1. The molecule has 1 N–H and O–H groups in total. The molecule has 2 heterocycles. The topological polar surface area (TPSA) is 34.1 Å². The highest BCUT2D eigenvalue weighted by atomic mass is 32.1. The van der Waals surface area contributed by atoms with Crippen molar-refractivity contribution in [3.63, 3.8) is 0 Å². The van der Waals surface area contributed by atoms with Crippen LogP contribution in [0, 0.1) is 0 Å². The van der Waals surface area contributed by atoms with Crippen molar-refractivity contribution in [3.05, 3.63) is 24.3 Å². The third kappa shape index (κ3) is 2.65. The van der Waals surface area contributed by atoms with E-state index in [9.17, 15) is 0 Å². The van der Waals surface area contributed by atoms with E-state index in [0.29, 0.717) is 6.04 Å². The lowest BCUT2D eigenvalue weighted by molar-refractivity contribution is 0.265. The average Bonchev–Trinajstić information content (AvgIpc) is 2.84. The van der Waals surface area contributed by atoms with Gasteiger partial charge >= 0.3 is 0 Å². The third-order valence-electron chi connectivity index (χ3n) is 3.46. The minimum atomic E-state index is 0.628. The van der Waals surface area contributed by atoms with Gasteiger partial charge in [-0.3, -0.25) is 0 Å². The van der Waals surface area contributed by atoms with Crippen molar-refractivity contribution in [3.8, 4) is 5.88 Å². The Kier molecular flexibility index (Phi) is 3.76. The first-order valence-electron chi connectivity index (χ1n) is 6.64. The van der Waals surface area contributed by atoms with Crippen molar-refractivity contribution in [2.75, 3.05) is 13.2 Å². The fraction of sp³-hybridized carbons (Fsp3) is 0.500. The molecule has 0 radical (unpaired) electrons. The van der Waals surface area contributed by atoms with Gasteiger partial charge in [-0.2, -0.15) is 4.37 Å². The van der Waals surface area contributed by atoms with E-state index in [1.54, 1.807) is 0 Å². The van der Waals surface area contributed by atoms with Gasteiger partial charge in [0.2, 0.25) is 5.88 Å². The molecule has 0 amide bonds. The minimum absolute atomic E-state index is 0.628. The summed E-state index contributed by atoms with van der Waals surface area (Å²) in [5.41, 5.74) is 0. The number of hydrogen-bond donors (Lipinski definition) is 1. The SMILES string of the molecule is c1ccc2c(OCC[C@H]3CCCCN3)nsc2c1. The number of benzene rings is 1. The Morgan fingerprint density at radius 2 is 2.28 bits per heavy atom. The summed E-state index contributed by atoms with van der Waals surface area (Å²) in [6.45, 7) is 1.91. The second-order valence-corrected chi connectivity index (χ2v) is 5.57. The van der Waals surface area contributed by atoms with Crippen LogP contribution in [0.15, 0.2) is 24.3 Å². The highest BCUT2D eigenvalue weighted by molar-refractivity contribution is 7.13. The summed E-state index contributed by atoms with van der Waals surface area (Å²) in [4.78, 5) is 0. The Morgan fingerprint density at radius 1 is 1.33 bits per heavy atom. The second-order valence-electron chi connectivity index (χ2n) is 4.77. The normalized spacial score (nSPS) is 20.1. The highest BCUT2D eigenvalue weighted by Crippen LogP contribution is 2.28. The molecular formula is C14H18N2OS. The minimum Gasteiger partial charge on any atom is -0.477 e. The van der Waals surface area contributed by atoms with Gasteiger partial charge < -0.3 is 10.1 Å². The molecule has 1 fully saturated rings. The zero-order valence-corrected chi connectivity index (χ0v) is 11.2. The van der Waals surface area contributed by atoms with Gasteiger partial charge in [0.25, 0.3) is 0 Å². The van der Waals surface area contributed by atoms with Gasteiger partial charge in [0.05, 0.1) is 16.7 Å². The van der Waals surface area contributed by atoms with Gasteiger partial charge in [0.15, 0.2) is 0 Å². The standard InChI is InChI=1S/C14H18N2OS/c1-2-7-13-12(6-1)14(16-18-13)17-10-8-11-5-3-4-9-15-11/h1-2,6-7,11,15H,3-5,8-10H2/t11-/m1/s1. The summed E-state index contributed by atoms with van der Waals surface area (Å²) < 4.78 is 11.4. The first-order chi connectivity index (χ1) is 8.93. The van der Waals surface area contributed by atoms with Crippen molar-refractivity contribution in [1.29, 1.82) is 0 Å².